The van der Waals surface area contributed by atoms with Gasteiger partial charge in [0.1, 0.15) is 0 Å². The molecule has 4 nitrogen and oxygen atoms in total. The van der Waals surface area contributed by atoms with Crippen molar-refractivity contribution in [3.63, 3.8) is 0 Å². The van der Waals surface area contributed by atoms with Crippen molar-refractivity contribution in [3.05, 3.63) is 53.1 Å². The van der Waals surface area contributed by atoms with Crippen LogP contribution in [0.1, 0.15) is 5.56 Å². The Bertz CT molecular complexity index is 767. The second-order valence-corrected chi connectivity index (χ2v) is 4.94. The van der Waals surface area contributed by atoms with Crippen LogP contribution in [0.25, 0.3) is 22.8 Å². The Morgan fingerprint density at radius 2 is 2.00 bits per heavy atom. The molecule has 0 radical (unpaired) electrons. The van der Waals surface area contributed by atoms with Crippen LogP contribution in [0.3, 0.4) is 0 Å². The summed E-state index contributed by atoms with van der Waals surface area (Å²) < 4.78 is 5.32. The minimum atomic E-state index is 0.447. The van der Waals surface area contributed by atoms with E-state index in [1.807, 2.05) is 43.3 Å². The van der Waals surface area contributed by atoms with E-state index in [0.717, 1.165) is 16.7 Å². The molecular formula is C15H12ClN3O. The predicted octanol–water partition coefficient (Wildman–Crippen LogP) is 3.95. The molecule has 0 unspecified atom stereocenters. The van der Waals surface area contributed by atoms with E-state index >= 15 is 0 Å². The molecule has 1 heterocycles. The molecule has 0 aliphatic heterocycles. The standard InChI is InChI=1S/C15H12ClN3O/c1-9-5-6-11(16)8-13(9)15-18-14(19-20-15)10-3-2-4-12(17)7-10/h2-8H,17H2,1H3. The van der Waals surface area contributed by atoms with Crippen LogP contribution in [-0.4, -0.2) is 10.1 Å². The van der Waals surface area contributed by atoms with Gasteiger partial charge in [0, 0.05) is 21.8 Å². The second-order valence-electron chi connectivity index (χ2n) is 4.51. The lowest BCUT2D eigenvalue weighted by Crippen LogP contribution is -1.87. The van der Waals surface area contributed by atoms with E-state index in [1.165, 1.54) is 0 Å². The first-order chi connectivity index (χ1) is 9.63. The average molecular weight is 286 g/mol. The van der Waals surface area contributed by atoms with Crippen LogP contribution in [0.15, 0.2) is 47.0 Å². The quantitative estimate of drug-likeness (QED) is 0.724. The minimum Gasteiger partial charge on any atom is -0.399 e. The Balaban J connectivity index is 2.04. The zero-order valence-electron chi connectivity index (χ0n) is 10.8. The molecule has 3 rings (SSSR count). The molecule has 100 valence electrons. The maximum absolute atomic E-state index is 6.00. The molecule has 0 atom stereocenters. The zero-order chi connectivity index (χ0) is 14.1. The normalized spacial score (nSPS) is 10.7. The summed E-state index contributed by atoms with van der Waals surface area (Å²) in [4.78, 5) is 4.40. The summed E-state index contributed by atoms with van der Waals surface area (Å²) in [5, 5.41) is 4.62. The Morgan fingerprint density at radius 1 is 1.15 bits per heavy atom. The maximum atomic E-state index is 6.00. The van der Waals surface area contributed by atoms with E-state index in [9.17, 15) is 0 Å². The van der Waals surface area contributed by atoms with Gasteiger partial charge in [0.25, 0.3) is 5.89 Å². The first-order valence-electron chi connectivity index (χ1n) is 6.09. The van der Waals surface area contributed by atoms with Crippen molar-refractivity contribution in [2.24, 2.45) is 0 Å². The Labute approximate surface area is 121 Å². The van der Waals surface area contributed by atoms with Crippen LogP contribution in [0.2, 0.25) is 5.02 Å². The lowest BCUT2D eigenvalue weighted by molar-refractivity contribution is 0.432. The van der Waals surface area contributed by atoms with Gasteiger partial charge in [0.2, 0.25) is 5.82 Å². The van der Waals surface area contributed by atoms with Crippen molar-refractivity contribution < 1.29 is 4.52 Å². The Kier molecular flexibility index (Phi) is 3.16. The van der Waals surface area contributed by atoms with Crippen LogP contribution >= 0.6 is 11.6 Å². The fraction of sp³-hybridized carbons (Fsp3) is 0.0667. The lowest BCUT2D eigenvalue weighted by atomic mass is 10.1. The van der Waals surface area contributed by atoms with E-state index in [0.29, 0.717) is 22.4 Å². The molecule has 0 fully saturated rings. The first kappa shape index (κ1) is 12.7. The number of halogens is 1. The van der Waals surface area contributed by atoms with Crippen LogP contribution in [-0.2, 0) is 0 Å². The Morgan fingerprint density at radius 3 is 2.80 bits per heavy atom. The highest BCUT2D eigenvalue weighted by Crippen LogP contribution is 2.27. The van der Waals surface area contributed by atoms with E-state index in [2.05, 4.69) is 10.1 Å². The maximum Gasteiger partial charge on any atom is 0.258 e. The average Bonchev–Trinajstić information content (AvgIpc) is 2.91. The Hall–Kier alpha value is -2.33. The van der Waals surface area contributed by atoms with Gasteiger partial charge < -0.3 is 10.3 Å². The van der Waals surface area contributed by atoms with Gasteiger partial charge in [-0.05, 0) is 36.8 Å². The highest BCUT2D eigenvalue weighted by Gasteiger charge is 2.13. The summed E-state index contributed by atoms with van der Waals surface area (Å²) in [5.74, 6) is 0.953. The predicted molar refractivity (Wildman–Crippen MR) is 79.3 cm³/mol. The van der Waals surface area contributed by atoms with Crippen molar-refractivity contribution in [3.8, 4) is 22.8 Å². The molecule has 20 heavy (non-hydrogen) atoms. The molecule has 0 bridgehead atoms. The number of nitrogens with two attached hydrogens (primary N) is 1. The number of anilines is 1. The van der Waals surface area contributed by atoms with Crippen LogP contribution in [0.4, 0.5) is 5.69 Å². The van der Waals surface area contributed by atoms with Crippen LogP contribution < -0.4 is 5.73 Å². The van der Waals surface area contributed by atoms with Gasteiger partial charge in [0.15, 0.2) is 0 Å². The van der Waals surface area contributed by atoms with Gasteiger partial charge in [-0.3, -0.25) is 0 Å². The van der Waals surface area contributed by atoms with Crippen LogP contribution in [0, 0.1) is 6.92 Å². The molecular weight excluding hydrogens is 274 g/mol. The largest absolute Gasteiger partial charge is 0.399 e. The highest BCUT2D eigenvalue weighted by molar-refractivity contribution is 6.30. The molecule has 0 aliphatic carbocycles. The summed E-state index contributed by atoms with van der Waals surface area (Å²) in [6.45, 7) is 1.97. The summed E-state index contributed by atoms with van der Waals surface area (Å²) in [6, 6.07) is 12.9. The third-order valence-corrected chi connectivity index (χ3v) is 3.24. The number of hydrogen-bond donors (Lipinski definition) is 1. The van der Waals surface area contributed by atoms with E-state index in [4.69, 9.17) is 21.9 Å². The van der Waals surface area contributed by atoms with Gasteiger partial charge in [-0.25, -0.2) is 0 Å². The fourth-order valence-corrected chi connectivity index (χ4v) is 2.12. The summed E-state index contributed by atoms with van der Waals surface area (Å²) in [6.07, 6.45) is 0. The monoisotopic (exact) mass is 285 g/mol. The number of hydrogen-bond acceptors (Lipinski definition) is 4. The molecule has 0 saturated heterocycles. The van der Waals surface area contributed by atoms with E-state index in [1.54, 1.807) is 6.07 Å². The van der Waals surface area contributed by atoms with Gasteiger partial charge in [-0.2, -0.15) is 4.98 Å². The second kappa shape index (κ2) is 4.98. The summed E-state index contributed by atoms with van der Waals surface area (Å²) in [5.41, 5.74) is 9.09. The molecule has 5 heteroatoms. The van der Waals surface area contributed by atoms with Crippen molar-refractivity contribution >= 4 is 17.3 Å². The number of aryl methyl sites for hydroxylation is 1. The van der Waals surface area contributed by atoms with E-state index < -0.39 is 0 Å². The van der Waals surface area contributed by atoms with Crippen molar-refractivity contribution in [2.75, 3.05) is 5.73 Å². The molecule has 2 N–H and O–H groups in total. The van der Waals surface area contributed by atoms with Crippen molar-refractivity contribution in [1.29, 1.82) is 0 Å². The van der Waals surface area contributed by atoms with Crippen LogP contribution in [0.5, 0.6) is 0 Å². The number of aromatic nitrogens is 2. The molecule has 0 aliphatic rings. The molecule has 0 spiro atoms. The van der Waals surface area contributed by atoms with Crippen molar-refractivity contribution in [2.45, 2.75) is 6.92 Å². The molecule has 3 aromatic rings. The van der Waals surface area contributed by atoms with E-state index in [-0.39, 0.29) is 0 Å². The van der Waals surface area contributed by atoms with Gasteiger partial charge in [-0.1, -0.05) is 35.0 Å². The number of nitrogens with zero attached hydrogens (tertiary/aromatic N) is 2. The van der Waals surface area contributed by atoms with Gasteiger partial charge >= 0.3 is 0 Å². The molecule has 0 amide bonds. The number of rotatable bonds is 2. The third kappa shape index (κ3) is 2.38. The van der Waals surface area contributed by atoms with Gasteiger partial charge in [-0.15, -0.1) is 0 Å². The smallest absolute Gasteiger partial charge is 0.258 e. The minimum absolute atomic E-state index is 0.447. The highest BCUT2D eigenvalue weighted by atomic mass is 35.5. The summed E-state index contributed by atoms with van der Waals surface area (Å²) in [7, 11) is 0. The lowest BCUT2D eigenvalue weighted by Gasteiger charge is -2.00. The number of nitrogen functional groups attached to an aromatic ring is 1. The zero-order valence-corrected chi connectivity index (χ0v) is 11.6. The molecule has 0 saturated carbocycles. The fourth-order valence-electron chi connectivity index (χ4n) is 1.95. The topological polar surface area (TPSA) is 64.9 Å². The third-order valence-electron chi connectivity index (χ3n) is 3.00. The molecule has 1 aromatic heterocycles. The number of benzene rings is 2. The van der Waals surface area contributed by atoms with Crippen molar-refractivity contribution in [1.82, 2.24) is 10.1 Å². The summed E-state index contributed by atoms with van der Waals surface area (Å²) >= 11 is 6.00. The van der Waals surface area contributed by atoms with Gasteiger partial charge in [0.05, 0.1) is 0 Å². The SMILES string of the molecule is Cc1ccc(Cl)cc1-c1nc(-c2cccc(N)c2)no1. The molecule has 2 aromatic carbocycles. The first-order valence-corrected chi connectivity index (χ1v) is 6.47.